The summed E-state index contributed by atoms with van der Waals surface area (Å²) in [5.41, 5.74) is 1.27. The van der Waals surface area contributed by atoms with Crippen molar-refractivity contribution in [1.29, 1.82) is 0 Å². The molecule has 0 spiro atoms. The van der Waals surface area contributed by atoms with E-state index in [1.807, 2.05) is 37.3 Å². The summed E-state index contributed by atoms with van der Waals surface area (Å²) >= 11 is 8.35. The van der Waals surface area contributed by atoms with Crippen molar-refractivity contribution in [2.75, 3.05) is 18.0 Å². The van der Waals surface area contributed by atoms with Gasteiger partial charge in [-0.1, -0.05) is 72.2 Å². The Bertz CT molecular complexity index is 839. The molecule has 2 heterocycles. The lowest BCUT2D eigenvalue weighted by atomic mass is 10.3. The number of carbonyl (C=O) groups excluding carboxylic acids is 1. The fraction of sp³-hybridized carbons (Fsp3) is 0.200. The summed E-state index contributed by atoms with van der Waals surface area (Å²) in [5.74, 6) is -0.00282. The van der Waals surface area contributed by atoms with E-state index in [9.17, 15) is 4.79 Å². The number of thioether (sulfide) groups is 2. The minimum Gasteiger partial charge on any atom is -0.335 e. The van der Waals surface area contributed by atoms with Gasteiger partial charge in [-0.25, -0.2) is 0 Å². The van der Waals surface area contributed by atoms with Crippen LogP contribution in [-0.4, -0.2) is 28.2 Å². The molecule has 0 saturated carbocycles. The molecule has 134 valence electrons. The van der Waals surface area contributed by atoms with Crippen LogP contribution in [0.5, 0.6) is 0 Å². The normalized spacial score (nSPS) is 20.5. The second-order valence-electron chi connectivity index (χ2n) is 5.54. The number of amides is 1. The highest BCUT2D eigenvalue weighted by Crippen LogP contribution is 2.45. The predicted octanol–water partition coefficient (Wildman–Crippen LogP) is 5.34. The third-order valence-corrected chi connectivity index (χ3v) is 6.49. The van der Waals surface area contributed by atoms with Crippen LogP contribution in [0, 0.1) is 0 Å². The maximum absolute atomic E-state index is 12.1. The molecule has 0 aliphatic carbocycles. The van der Waals surface area contributed by atoms with E-state index < -0.39 is 0 Å². The van der Waals surface area contributed by atoms with Crippen LogP contribution in [0.15, 0.2) is 75.6 Å². The second kappa shape index (κ2) is 8.75. The van der Waals surface area contributed by atoms with Crippen LogP contribution < -0.4 is 4.90 Å². The smallest absolute Gasteiger partial charge is 0.266 e. The lowest BCUT2D eigenvalue weighted by Crippen LogP contribution is -2.27. The average molecular weight is 401 g/mol. The number of thiocarbonyl (C=S) groups is 1. The Balaban J connectivity index is 1.62. The standard InChI is InChI=1S/C20H20N2OS3/c1-3-21-15-11-9-10-12-16(15)25-18(21)14-8-6-5-7-13-17-19(23)22(4-2)20(24)26-17/h5-14H,3-4H2,1-2H3/b7-5+,8-6+,17-13+,18-14-. The topological polar surface area (TPSA) is 23.6 Å². The fourth-order valence-corrected chi connectivity index (χ4v) is 5.17. The zero-order valence-corrected chi connectivity index (χ0v) is 17.2. The number of likely N-dealkylation sites (N-methyl/N-ethyl adjacent to an activating group) is 1. The van der Waals surface area contributed by atoms with Crippen molar-refractivity contribution in [2.24, 2.45) is 0 Å². The molecule has 0 bridgehead atoms. The van der Waals surface area contributed by atoms with E-state index in [-0.39, 0.29) is 5.91 Å². The molecule has 0 aromatic heterocycles. The van der Waals surface area contributed by atoms with Gasteiger partial charge in [-0.2, -0.15) is 0 Å². The largest absolute Gasteiger partial charge is 0.335 e. The van der Waals surface area contributed by atoms with Gasteiger partial charge < -0.3 is 4.90 Å². The van der Waals surface area contributed by atoms with Gasteiger partial charge in [-0.15, -0.1) is 0 Å². The fourth-order valence-electron chi connectivity index (χ4n) is 2.70. The highest BCUT2D eigenvalue weighted by Gasteiger charge is 2.29. The van der Waals surface area contributed by atoms with Crippen LogP contribution in [-0.2, 0) is 4.79 Å². The Hall–Kier alpha value is -1.76. The number of benzene rings is 1. The Morgan fingerprint density at radius 1 is 0.962 bits per heavy atom. The predicted molar refractivity (Wildman–Crippen MR) is 117 cm³/mol. The van der Waals surface area contributed by atoms with E-state index in [1.54, 1.807) is 16.7 Å². The SMILES string of the molecule is CCN1C(=O)\C(=C/C=C/C=C/C=C2\Sc3ccccc3N2CC)SC1=S. The number of hydrogen-bond acceptors (Lipinski definition) is 5. The molecular weight excluding hydrogens is 380 g/mol. The number of hydrogen-bond donors (Lipinski definition) is 0. The molecule has 6 heteroatoms. The quantitative estimate of drug-likeness (QED) is 0.377. The van der Waals surface area contributed by atoms with Gasteiger partial charge in [0.15, 0.2) is 0 Å². The van der Waals surface area contributed by atoms with Crippen molar-refractivity contribution in [3.63, 3.8) is 0 Å². The van der Waals surface area contributed by atoms with Crippen LogP contribution in [0.1, 0.15) is 13.8 Å². The number of para-hydroxylation sites is 1. The van der Waals surface area contributed by atoms with Crippen molar-refractivity contribution in [1.82, 2.24) is 4.90 Å². The molecule has 3 nitrogen and oxygen atoms in total. The highest BCUT2D eigenvalue weighted by molar-refractivity contribution is 8.26. The molecule has 1 aromatic carbocycles. The Morgan fingerprint density at radius 2 is 1.65 bits per heavy atom. The van der Waals surface area contributed by atoms with Gasteiger partial charge in [0.2, 0.25) is 0 Å². The summed E-state index contributed by atoms with van der Waals surface area (Å²) in [6, 6.07) is 8.45. The van der Waals surface area contributed by atoms with Crippen molar-refractivity contribution in [3.05, 3.63) is 70.7 Å². The zero-order valence-electron chi connectivity index (χ0n) is 14.7. The Labute approximate surface area is 168 Å². The highest BCUT2D eigenvalue weighted by atomic mass is 32.2. The van der Waals surface area contributed by atoms with E-state index in [1.165, 1.54) is 27.4 Å². The maximum atomic E-state index is 12.1. The van der Waals surface area contributed by atoms with Gasteiger partial charge >= 0.3 is 0 Å². The number of allylic oxidation sites excluding steroid dienone is 6. The van der Waals surface area contributed by atoms with Gasteiger partial charge in [0.25, 0.3) is 5.91 Å². The summed E-state index contributed by atoms with van der Waals surface area (Å²) in [7, 11) is 0. The number of carbonyl (C=O) groups is 1. The molecule has 26 heavy (non-hydrogen) atoms. The van der Waals surface area contributed by atoms with Gasteiger partial charge in [-0.05, 0) is 38.1 Å². The first-order valence-electron chi connectivity index (χ1n) is 8.49. The van der Waals surface area contributed by atoms with Gasteiger partial charge in [0, 0.05) is 18.0 Å². The number of rotatable bonds is 5. The van der Waals surface area contributed by atoms with Crippen LogP contribution >= 0.6 is 35.7 Å². The molecule has 0 atom stereocenters. The Kier molecular flexibility index (Phi) is 6.40. The minimum atomic E-state index is -0.00282. The summed E-state index contributed by atoms with van der Waals surface area (Å²) in [4.78, 5) is 18.0. The van der Waals surface area contributed by atoms with Gasteiger partial charge in [0.1, 0.15) is 4.32 Å². The van der Waals surface area contributed by atoms with Crippen molar-refractivity contribution in [2.45, 2.75) is 18.7 Å². The molecule has 3 rings (SSSR count). The van der Waals surface area contributed by atoms with Crippen molar-refractivity contribution in [3.8, 4) is 0 Å². The van der Waals surface area contributed by atoms with E-state index in [4.69, 9.17) is 12.2 Å². The van der Waals surface area contributed by atoms with Crippen LogP contribution in [0.2, 0.25) is 0 Å². The molecule has 1 aromatic rings. The van der Waals surface area contributed by atoms with Crippen molar-refractivity contribution >= 4 is 51.7 Å². The van der Waals surface area contributed by atoms with E-state index in [0.29, 0.717) is 15.8 Å². The number of anilines is 1. The first-order valence-corrected chi connectivity index (χ1v) is 10.5. The molecule has 1 amide bonds. The Morgan fingerprint density at radius 3 is 2.35 bits per heavy atom. The number of fused-ring (bicyclic) bond motifs is 1. The molecule has 0 unspecified atom stereocenters. The summed E-state index contributed by atoms with van der Waals surface area (Å²) in [5, 5.41) is 1.22. The van der Waals surface area contributed by atoms with Gasteiger partial charge in [-0.3, -0.25) is 9.69 Å². The third kappa shape index (κ3) is 3.98. The third-order valence-electron chi connectivity index (χ3n) is 3.96. The maximum Gasteiger partial charge on any atom is 0.266 e. The van der Waals surface area contributed by atoms with Crippen LogP contribution in [0.3, 0.4) is 0 Å². The van der Waals surface area contributed by atoms with E-state index >= 15 is 0 Å². The zero-order chi connectivity index (χ0) is 18.5. The van der Waals surface area contributed by atoms with E-state index in [2.05, 4.69) is 42.2 Å². The average Bonchev–Trinajstić information content (AvgIpc) is 3.14. The molecule has 0 N–H and O–H groups in total. The molecular formula is C20H20N2OS3. The summed E-state index contributed by atoms with van der Waals surface area (Å²) in [6.07, 6.45) is 11.8. The summed E-state index contributed by atoms with van der Waals surface area (Å²) < 4.78 is 0.634. The van der Waals surface area contributed by atoms with Crippen molar-refractivity contribution < 1.29 is 4.79 Å². The lowest BCUT2D eigenvalue weighted by Gasteiger charge is -2.17. The first kappa shape index (κ1) is 19.0. The monoisotopic (exact) mass is 400 g/mol. The molecule has 1 fully saturated rings. The van der Waals surface area contributed by atoms with Crippen LogP contribution in [0.4, 0.5) is 5.69 Å². The van der Waals surface area contributed by atoms with Crippen LogP contribution in [0.25, 0.3) is 0 Å². The summed E-state index contributed by atoms with van der Waals surface area (Å²) in [6.45, 7) is 5.65. The molecule has 0 radical (unpaired) electrons. The van der Waals surface area contributed by atoms with E-state index in [0.717, 1.165) is 6.54 Å². The first-order chi connectivity index (χ1) is 12.7. The molecule has 1 saturated heterocycles. The lowest BCUT2D eigenvalue weighted by molar-refractivity contribution is -0.122. The minimum absolute atomic E-state index is 0.00282. The second-order valence-corrected chi connectivity index (χ2v) is 8.28. The molecule has 2 aliphatic rings. The molecule has 2 aliphatic heterocycles. The van der Waals surface area contributed by atoms with Gasteiger partial charge in [0.05, 0.1) is 15.6 Å². The number of nitrogens with zero attached hydrogens (tertiary/aromatic N) is 2.